The molecule has 0 radical (unpaired) electrons. The molecular weight excluding hydrogens is 459 g/mol. The number of aromatic hydroxyl groups is 1. The predicted octanol–water partition coefficient (Wildman–Crippen LogP) is -0.365. The van der Waals surface area contributed by atoms with Crippen LogP contribution in [0.1, 0.15) is 0 Å². The van der Waals surface area contributed by atoms with Gasteiger partial charge in [-0.2, -0.15) is 5.11 Å². The number of aliphatic hydroxyl groups is 1. The van der Waals surface area contributed by atoms with Crippen molar-refractivity contribution in [1.29, 1.82) is 0 Å². The summed E-state index contributed by atoms with van der Waals surface area (Å²) in [5.41, 5.74) is 0.321. The number of rotatable bonds is 6. The van der Waals surface area contributed by atoms with Gasteiger partial charge in [-0.15, -0.1) is 5.11 Å². The summed E-state index contributed by atoms with van der Waals surface area (Å²) < 4.78 is 58.2. The monoisotopic (exact) mass is 474 g/mol. The first-order valence-corrected chi connectivity index (χ1v) is 11.3. The Morgan fingerprint density at radius 2 is 1.50 bits per heavy atom. The van der Waals surface area contributed by atoms with E-state index in [1.165, 1.54) is 30.3 Å². The van der Waals surface area contributed by atoms with Gasteiger partial charge in [0.05, 0.1) is 33.5 Å². The SMILES string of the molecule is O=S(=O)([O-])c1cc(N=Nc2ccc(S(=O)(=O)CCO)cc2)c2ccccc2c1O.[K+]. The molecule has 9 nitrogen and oxygen atoms in total. The molecule has 0 bridgehead atoms. The molecule has 0 spiro atoms. The van der Waals surface area contributed by atoms with Crippen LogP contribution in [0.15, 0.2) is 74.6 Å². The number of fused-ring (bicyclic) bond motifs is 1. The summed E-state index contributed by atoms with van der Waals surface area (Å²) in [6.45, 7) is -0.497. The van der Waals surface area contributed by atoms with E-state index in [1.54, 1.807) is 18.2 Å². The first-order chi connectivity index (χ1) is 13.6. The zero-order chi connectivity index (χ0) is 21.2. The summed E-state index contributed by atoms with van der Waals surface area (Å²) in [4.78, 5) is -0.795. The number of nitrogens with zero attached hydrogens (tertiary/aromatic N) is 2. The Kier molecular flexibility index (Phi) is 8.29. The van der Waals surface area contributed by atoms with E-state index in [4.69, 9.17) is 5.11 Å². The summed E-state index contributed by atoms with van der Waals surface area (Å²) in [5, 5.41) is 27.4. The molecule has 0 atom stereocenters. The van der Waals surface area contributed by atoms with Gasteiger partial charge in [-0.1, -0.05) is 24.3 Å². The Balaban J connectivity index is 0.00000320. The van der Waals surface area contributed by atoms with E-state index < -0.39 is 43.0 Å². The minimum atomic E-state index is -4.95. The minimum absolute atomic E-state index is 0. The van der Waals surface area contributed by atoms with Crippen LogP contribution >= 0.6 is 0 Å². The van der Waals surface area contributed by atoms with Crippen molar-refractivity contribution in [1.82, 2.24) is 0 Å². The van der Waals surface area contributed by atoms with Crippen molar-refractivity contribution in [3.05, 3.63) is 54.6 Å². The van der Waals surface area contributed by atoms with Crippen molar-refractivity contribution in [2.45, 2.75) is 9.79 Å². The number of aliphatic hydroxyl groups excluding tert-OH is 1. The van der Waals surface area contributed by atoms with Gasteiger partial charge in [0.2, 0.25) is 0 Å². The fourth-order valence-electron chi connectivity index (χ4n) is 2.66. The van der Waals surface area contributed by atoms with E-state index in [9.17, 15) is 26.5 Å². The zero-order valence-corrected chi connectivity index (χ0v) is 20.5. The number of azo groups is 1. The molecule has 3 rings (SSSR count). The zero-order valence-electron chi connectivity index (χ0n) is 15.8. The topological polar surface area (TPSA) is 157 Å². The predicted molar refractivity (Wildman–Crippen MR) is 103 cm³/mol. The van der Waals surface area contributed by atoms with Crippen LogP contribution in [0.25, 0.3) is 10.8 Å². The summed E-state index contributed by atoms with van der Waals surface area (Å²) in [7, 11) is -8.55. The Bertz CT molecular complexity index is 1310. The van der Waals surface area contributed by atoms with Crippen molar-refractivity contribution in [3.8, 4) is 5.75 Å². The second-order valence-corrected chi connectivity index (χ2v) is 9.44. The van der Waals surface area contributed by atoms with Gasteiger partial charge < -0.3 is 14.8 Å². The number of phenolic OH excluding ortho intramolecular Hbond substituents is 1. The van der Waals surface area contributed by atoms with Crippen molar-refractivity contribution in [2.24, 2.45) is 10.2 Å². The first kappa shape index (κ1) is 25.0. The number of phenols is 1. The summed E-state index contributed by atoms with van der Waals surface area (Å²) in [6.07, 6.45) is 0. The Morgan fingerprint density at radius 1 is 0.900 bits per heavy atom. The molecule has 0 saturated carbocycles. The Labute approximate surface area is 215 Å². The number of hydrogen-bond donors (Lipinski definition) is 2. The average Bonchev–Trinajstić information content (AvgIpc) is 2.67. The van der Waals surface area contributed by atoms with Gasteiger partial charge in [-0.05, 0) is 30.3 Å². The van der Waals surface area contributed by atoms with Crippen LogP contribution in [0.5, 0.6) is 5.75 Å². The van der Waals surface area contributed by atoms with Crippen LogP contribution in [-0.2, 0) is 20.0 Å². The molecule has 0 saturated heterocycles. The third-order valence-corrected chi connectivity index (χ3v) is 6.62. The van der Waals surface area contributed by atoms with Crippen molar-refractivity contribution in [2.75, 3.05) is 12.4 Å². The van der Waals surface area contributed by atoms with E-state index in [2.05, 4.69) is 10.2 Å². The van der Waals surface area contributed by atoms with Crippen molar-refractivity contribution in [3.63, 3.8) is 0 Å². The Hall–Kier alpha value is -1.22. The van der Waals surface area contributed by atoms with E-state index in [1.807, 2.05) is 0 Å². The second kappa shape index (κ2) is 9.93. The van der Waals surface area contributed by atoms with Gasteiger partial charge in [0.1, 0.15) is 15.9 Å². The molecule has 30 heavy (non-hydrogen) atoms. The van der Waals surface area contributed by atoms with Crippen LogP contribution in [0.3, 0.4) is 0 Å². The average molecular weight is 475 g/mol. The third-order valence-electron chi connectivity index (χ3n) is 4.06. The van der Waals surface area contributed by atoms with Crippen LogP contribution in [-0.4, -0.2) is 44.0 Å². The van der Waals surface area contributed by atoms with Gasteiger partial charge in [0, 0.05) is 10.8 Å². The van der Waals surface area contributed by atoms with E-state index >= 15 is 0 Å². The quantitative estimate of drug-likeness (QED) is 0.280. The maximum absolute atomic E-state index is 11.9. The molecule has 0 aliphatic heterocycles. The molecule has 2 N–H and O–H groups in total. The van der Waals surface area contributed by atoms with E-state index in [-0.39, 0.29) is 73.0 Å². The molecule has 152 valence electrons. The van der Waals surface area contributed by atoms with Crippen LogP contribution in [0.2, 0.25) is 0 Å². The minimum Gasteiger partial charge on any atom is -0.744 e. The normalized spacial score (nSPS) is 12.2. The third kappa shape index (κ3) is 5.52. The molecule has 0 aromatic heterocycles. The van der Waals surface area contributed by atoms with Crippen molar-refractivity contribution >= 4 is 42.1 Å². The molecular formula is C18H15KN2O7S2. The summed E-state index contributed by atoms with van der Waals surface area (Å²) in [5.74, 6) is -1.06. The molecule has 0 aliphatic carbocycles. The molecule has 0 unspecified atom stereocenters. The van der Waals surface area contributed by atoms with E-state index in [0.717, 1.165) is 6.07 Å². The molecule has 3 aromatic carbocycles. The molecule has 12 heteroatoms. The second-order valence-electron chi connectivity index (χ2n) is 5.98. The smallest absolute Gasteiger partial charge is 0.744 e. The molecule has 0 fully saturated rings. The van der Waals surface area contributed by atoms with Crippen LogP contribution in [0, 0.1) is 0 Å². The van der Waals surface area contributed by atoms with Gasteiger partial charge in [-0.3, -0.25) is 0 Å². The van der Waals surface area contributed by atoms with Crippen LogP contribution < -0.4 is 51.4 Å². The van der Waals surface area contributed by atoms with Gasteiger partial charge >= 0.3 is 51.4 Å². The number of hydrogen-bond acceptors (Lipinski definition) is 9. The van der Waals surface area contributed by atoms with Crippen molar-refractivity contribution < 1.29 is 83.0 Å². The fourth-order valence-corrected chi connectivity index (χ4v) is 4.29. The fraction of sp³-hybridized carbons (Fsp3) is 0.111. The van der Waals surface area contributed by atoms with Gasteiger partial charge in [0.15, 0.2) is 9.84 Å². The first-order valence-electron chi connectivity index (χ1n) is 8.19. The largest absolute Gasteiger partial charge is 1.00 e. The Morgan fingerprint density at radius 3 is 2.07 bits per heavy atom. The molecule has 3 aromatic rings. The molecule has 0 aliphatic rings. The van der Waals surface area contributed by atoms with Crippen LogP contribution in [0.4, 0.5) is 11.4 Å². The number of benzene rings is 3. The molecule has 0 heterocycles. The maximum atomic E-state index is 11.9. The van der Waals surface area contributed by atoms with E-state index in [0.29, 0.717) is 5.39 Å². The number of sulfone groups is 1. The maximum Gasteiger partial charge on any atom is 1.00 e. The standard InChI is InChI=1S/C18H16N2O7S2.K/c21-9-10-28(23,24)13-7-5-12(6-8-13)19-20-16-11-17(29(25,26)27)18(22)15-4-2-1-3-14(15)16;/h1-8,11,21-22H,9-10H2,(H,25,26,27);/q;+1/p-1. The van der Waals surface area contributed by atoms with Gasteiger partial charge in [-0.25, -0.2) is 16.8 Å². The summed E-state index contributed by atoms with van der Waals surface area (Å²) in [6, 6.07) is 12.6. The summed E-state index contributed by atoms with van der Waals surface area (Å²) >= 11 is 0. The van der Waals surface area contributed by atoms with Gasteiger partial charge in [0.25, 0.3) is 0 Å². The molecule has 0 amide bonds.